The zero-order valence-electron chi connectivity index (χ0n) is 14.5. The van der Waals surface area contributed by atoms with Gasteiger partial charge in [0.25, 0.3) is 5.91 Å². The molecule has 2 N–H and O–H groups in total. The van der Waals surface area contributed by atoms with E-state index < -0.39 is 23.6 Å². The van der Waals surface area contributed by atoms with Crippen molar-refractivity contribution >= 4 is 34.2 Å². The van der Waals surface area contributed by atoms with E-state index in [4.69, 9.17) is 11.6 Å². The first-order chi connectivity index (χ1) is 13.3. The molecule has 0 unspecified atom stereocenters. The molecule has 0 radical (unpaired) electrons. The predicted octanol–water partition coefficient (Wildman–Crippen LogP) is 3.22. The molecule has 0 aliphatic carbocycles. The monoisotopic (exact) mass is 409 g/mol. The van der Waals surface area contributed by atoms with Gasteiger partial charge in [-0.15, -0.1) is 0 Å². The number of nitrogens with one attached hydrogen (secondary N) is 2. The lowest BCUT2D eigenvalue weighted by Crippen LogP contribution is -2.36. The van der Waals surface area contributed by atoms with Gasteiger partial charge in [-0.1, -0.05) is 11.6 Å². The second-order valence-electron chi connectivity index (χ2n) is 5.71. The Bertz CT molecular complexity index is 1170. The van der Waals surface area contributed by atoms with Gasteiger partial charge in [0.15, 0.2) is 0 Å². The third-order valence-corrected chi connectivity index (χ3v) is 4.25. The molecule has 2 aromatic carbocycles. The van der Waals surface area contributed by atoms with Crippen LogP contribution >= 0.6 is 11.6 Å². The lowest BCUT2D eigenvalue weighted by Gasteiger charge is -2.11. The van der Waals surface area contributed by atoms with Crippen molar-refractivity contribution in [2.24, 2.45) is 0 Å². The molecule has 3 aromatic rings. The first kappa shape index (κ1) is 19.6. The van der Waals surface area contributed by atoms with E-state index in [9.17, 15) is 23.2 Å². The fourth-order valence-corrected chi connectivity index (χ4v) is 2.93. The van der Waals surface area contributed by atoms with Crippen LogP contribution in [0.25, 0.3) is 11.0 Å². The van der Waals surface area contributed by atoms with E-state index in [0.717, 1.165) is 0 Å². The highest BCUT2D eigenvalue weighted by Gasteiger charge is 2.13. The summed E-state index contributed by atoms with van der Waals surface area (Å²) in [6.45, 7) is -0.985. The summed E-state index contributed by atoms with van der Waals surface area (Å²) < 4.78 is 30.1. The Morgan fingerprint density at radius 3 is 2.64 bits per heavy atom. The van der Waals surface area contributed by atoms with Crippen LogP contribution in [-0.4, -0.2) is 22.1 Å². The summed E-state index contributed by atoms with van der Waals surface area (Å²) in [4.78, 5) is 38.6. The van der Waals surface area contributed by atoms with Crippen LogP contribution in [0.4, 0.5) is 14.5 Å². The topological polar surface area (TPSA) is 93.2 Å². The number of aryl methyl sites for hydroxylation is 1. The Labute approximate surface area is 161 Å². The zero-order valence-corrected chi connectivity index (χ0v) is 15.2. The first-order valence-corrected chi connectivity index (χ1v) is 8.50. The molecule has 28 heavy (non-hydrogen) atoms. The number of halogens is 3. The zero-order chi connectivity index (χ0) is 20.4. The molecule has 0 bridgehead atoms. The van der Waals surface area contributed by atoms with Gasteiger partial charge in [0.2, 0.25) is 0 Å². The molecule has 1 heterocycles. The number of nitrogens with zero attached hydrogens (tertiary/aromatic N) is 1. The molecular formula is C18H14ClF2N3O4. The number of hydrogen-bond acceptors (Lipinski definition) is 4. The van der Waals surface area contributed by atoms with E-state index in [2.05, 4.69) is 15.0 Å². The third kappa shape index (κ3) is 3.89. The molecule has 10 heteroatoms. The van der Waals surface area contributed by atoms with Gasteiger partial charge in [-0.3, -0.25) is 14.4 Å². The second kappa shape index (κ2) is 7.81. The van der Waals surface area contributed by atoms with Gasteiger partial charge in [-0.25, -0.2) is 0 Å². The van der Waals surface area contributed by atoms with Crippen LogP contribution < -0.4 is 21.2 Å². The Kier molecular flexibility index (Phi) is 5.46. The summed E-state index contributed by atoms with van der Waals surface area (Å²) in [7, 11) is 0. The average molecular weight is 410 g/mol. The number of fused-ring (bicyclic) bond motifs is 1. The van der Waals surface area contributed by atoms with E-state index >= 15 is 0 Å². The summed E-state index contributed by atoms with van der Waals surface area (Å²) >= 11 is 5.86. The minimum atomic E-state index is -3.02. The summed E-state index contributed by atoms with van der Waals surface area (Å²) in [6, 6.07) is 8.33. The number of H-pyrrole nitrogens is 1. The second-order valence-corrected chi connectivity index (χ2v) is 6.12. The van der Waals surface area contributed by atoms with E-state index in [1.54, 1.807) is 13.0 Å². The molecule has 0 spiro atoms. The maximum atomic E-state index is 12.5. The van der Waals surface area contributed by atoms with Gasteiger partial charge in [-0.05, 0) is 43.3 Å². The van der Waals surface area contributed by atoms with Crippen LogP contribution in [0, 0.1) is 0 Å². The lowest BCUT2D eigenvalue weighted by atomic mass is 10.1. The molecule has 3 rings (SSSR count). The summed E-state index contributed by atoms with van der Waals surface area (Å²) in [5, 5.41) is 2.48. The van der Waals surface area contributed by atoms with Crippen molar-refractivity contribution in [2.75, 3.05) is 5.32 Å². The number of aromatic amines is 1. The largest absolute Gasteiger partial charge is 0.433 e. The number of amides is 1. The molecule has 0 fully saturated rings. The number of carbonyl (C=O) groups is 1. The predicted molar refractivity (Wildman–Crippen MR) is 101 cm³/mol. The van der Waals surface area contributed by atoms with Crippen molar-refractivity contribution < 1.29 is 18.3 Å². The Morgan fingerprint density at radius 1 is 1.25 bits per heavy atom. The van der Waals surface area contributed by atoms with Gasteiger partial charge < -0.3 is 19.6 Å². The fraction of sp³-hybridized carbons (Fsp3) is 0.167. The van der Waals surface area contributed by atoms with Crippen LogP contribution in [0.15, 0.2) is 46.0 Å². The molecule has 1 aromatic heterocycles. The number of rotatable bonds is 5. The van der Waals surface area contributed by atoms with Gasteiger partial charge in [0, 0.05) is 17.8 Å². The van der Waals surface area contributed by atoms with Gasteiger partial charge >= 0.3 is 17.7 Å². The molecule has 0 atom stereocenters. The van der Waals surface area contributed by atoms with E-state index in [1.807, 2.05) is 0 Å². The lowest BCUT2D eigenvalue weighted by molar-refractivity contribution is -0.0497. The fourth-order valence-electron chi connectivity index (χ4n) is 2.71. The maximum absolute atomic E-state index is 12.5. The van der Waals surface area contributed by atoms with Crippen LogP contribution in [-0.2, 0) is 6.54 Å². The Morgan fingerprint density at radius 2 is 2.00 bits per heavy atom. The number of aromatic nitrogens is 2. The standard InChI is InChI=1S/C18H14ClF2N3O4/c1-2-24-13-5-3-9(7-12(13)23-16(26)17(24)27)15(25)22-10-4-6-14(11(19)8-10)28-18(20)21/h3-8,18H,2H2,1H3,(H,22,25)(H,23,26). The molecule has 0 aliphatic rings. The quantitative estimate of drug-likeness (QED) is 0.633. The van der Waals surface area contributed by atoms with E-state index in [0.29, 0.717) is 17.6 Å². The SMILES string of the molecule is CCn1c(=O)c(=O)[nH]c2cc(C(=O)Nc3ccc(OC(F)F)c(Cl)c3)ccc21. The summed E-state index contributed by atoms with van der Waals surface area (Å²) in [5.74, 6) is -0.730. The van der Waals surface area contributed by atoms with Crippen molar-refractivity contribution in [1.82, 2.24) is 9.55 Å². The third-order valence-electron chi connectivity index (χ3n) is 3.96. The minimum absolute atomic E-state index is 0.0899. The highest BCUT2D eigenvalue weighted by Crippen LogP contribution is 2.29. The summed E-state index contributed by atoms with van der Waals surface area (Å²) in [6.07, 6.45) is 0. The van der Waals surface area contributed by atoms with Crippen molar-refractivity contribution in [1.29, 1.82) is 0 Å². The van der Waals surface area contributed by atoms with Gasteiger partial charge in [0.05, 0.1) is 16.1 Å². The highest BCUT2D eigenvalue weighted by atomic mass is 35.5. The summed E-state index contributed by atoms with van der Waals surface area (Å²) in [5.41, 5.74) is -0.156. The van der Waals surface area contributed by atoms with Crippen LogP contribution in [0.2, 0.25) is 5.02 Å². The molecule has 1 amide bonds. The molecule has 0 saturated carbocycles. The van der Waals surface area contributed by atoms with Crippen LogP contribution in [0.3, 0.4) is 0 Å². The minimum Gasteiger partial charge on any atom is -0.433 e. The smallest absolute Gasteiger partial charge is 0.387 e. The van der Waals surface area contributed by atoms with E-state index in [-0.39, 0.29) is 22.0 Å². The number of alkyl halides is 2. The Balaban J connectivity index is 1.90. The number of carbonyl (C=O) groups excluding carboxylic acids is 1. The van der Waals surface area contributed by atoms with Gasteiger partial charge in [0.1, 0.15) is 5.75 Å². The molecular weight excluding hydrogens is 396 g/mol. The number of benzene rings is 2. The van der Waals surface area contributed by atoms with E-state index in [1.165, 1.54) is 34.9 Å². The van der Waals surface area contributed by atoms with Gasteiger partial charge in [-0.2, -0.15) is 8.78 Å². The number of ether oxygens (including phenoxy) is 1. The molecule has 0 aliphatic heterocycles. The average Bonchev–Trinajstić information content (AvgIpc) is 2.64. The maximum Gasteiger partial charge on any atom is 0.387 e. The highest BCUT2D eigenvalue weighted by molar-refractivity contribution is 6.32. The van der Waals surface area contributed by atoms with Crippen molar-refractivity contribution in [3.05, 3.63) is 67.7 Å². The Hall–Kier alpha value is -3.20. The van der Waals surface area contributed by atoms with Crippen molar-refractivity contribution in [3.8, 4) is 5.75 Å². The van der Waals surface area contributed by atoms with Crippen LogP contribution in [0.1, 0.15) is 17.3 Å². The van der Waals surface area contributed by atoms with Crippen molar-refractivity contribution in [3.63, 3.8) is 0 Å². The first-order valence-electron chi connectivity index (χ1n) is 8.12. The normalized spacial score (nSPS) is 11.0. The molecule has 0 saturated heterocycles. The van der Waals surface area contributed by atoms with Crippen LogP contribution in [0.5, 0.6) is 5.75 Å². The molecule has 146 valence electrons. The molecule has 7 nitrogen and oxygen atoms in total. The number of hydrogen-bond donors (Lipinski definition) is 2. The number of anilines is 1. The van der Waals surface area contributed by atoms with Crippen molar-refractivity contribution in [2.45, 2.75) is 20.1 Å².